The van der Waals surface area contributed by atoms with Gasteiger partial charge in [-0.25, -0.2) is 0 Å². The summed E-state index contributed by atoms with van der Waals surface area (Å²) in [5.74, 6) is -0.294. The highest BCUT2D eigenvalue weighted by Crippen LogP contribution is 2.47. The van der Waals surface area contributed by atoms with Gasteiger partial charge in [0.15, 0.2) is 0 Å². The van der Waals surface area contributed by atoms with Gasteiger partial charge >= 0.3 is 10.2 Å². The Morgan fingerprint density at radius 2 is 1.57 bits per heavy atom. The largest absolute Gasteiger partial charge is 0.507 e. The van der Waals surface area contributed by atoms with E-state index >= 15 is 0 Å². The monoisotopic (exact) mass is 318 g/mol. The number of rotatable bonds is 2. The van der Waals surface area contributed by atoms with Gasteiger partial charge in [-0.2, -0.15) is 8.42 Å². The molecule has 0 aliphatic heterocycles. The number of halogens is 1. The molecule has 6 heteroatoms. The molecule has 0 radical (unpaired) electrons. The van der Waals surface area contributed by atoms with E-state index in [-0.39, 0.29) is 17.1 Å². The summed E-state index contributed by atoms with van der Waals surface area (Å²) in [5.41, 5.74) is -0.672. The lowest BCUT2D eigenvalue weighted by Crippen LogP contribution is -2.21. The first-order chi connectivity index (χ1) is 9.21. The summed E-state index contributed by atoms with van der Waals surface area (Å²) < 4.78 is 41.9. The Morgan fingerprint density at radius 3 is 1.86 bits per heavy atom. The Morgan fingerprint density at radius 1 is 1.10 bits per heavy atom. The maximum Gasteiger partial charge on any atom is 0.336 e. The van der Waals surface area contributed by atoms with Crippen LogP contribution in [0.3, 0.4) is 0 Å². The SMILES string of the molecule is COc1cc(C(C)(C)C)c(O)c(C(C)(C)C)c1S(=O)(=O)F. The van der Waals surface area contributed by atoms with E-state index < -0.39 is 25.9 Å². The lowest BCUT2D eigenvalue weighted by Gasteiger charge is -2.29. The highest BCUT2D eigenvalue weighted by atomic mass is 32.3. The molecular weight excluding hydrogens is 295 g/mol. The van der Waals surface area contributed by atoms with Gasteiger partial charge < -0.3 is 9.84 Å². The number of hydrogen-bond acceptors (Lipinski definition) is 4. The van der Waals surface area contributed by atoms with Crippen LogP contribution in [0.15, 0.2) is 11.0 Å². The molecule has 1 aromatic carbocycles. The van der Waals surface area contributed by atoms with Crippen LogP contribution in [0.5, 0.6) is 11.5 Å². The van der Waals surface area contributed by atoms with Gasteiger partial charge in [0.05, 0.1) is 7.11 Å². The summed E-state index contributed by atoms with van der Waals surface area (Å²) in [6, 6.07) is 1.39. The molecule has 0 saturated heterocycles. The van der Waals surface area contributed by atoms with Crippen LogP contribution in [0, 0.1) is 0 Å². The number of phenolic OH excluding ortho intramolecular Hbond substituents is 1. The average Bonchev–Trinajstić information content (AvgIpc) is 2.23. The topological polar surface area (TPSA) is 63.6 Å². The molecule has 1 rings (SSSR count). The predicted molar refractivity (Wildman–Crippen MR) is 80.4 cm³/mol. The number of hydrogen-bond donors (Lipinski definition) is 1. The first-order valence-corrected chi connectivity index (χ1v) is 7.99. The standard InChI is InChI=1S/C15H23FO4S/c1-14(2,3)9-8-10(20-7)13(21(16,18)19)11(12(9)17)15(4,5)6/h8,17H,1-7H3. The minimum Gasteiger partial charge on any atom is -0.507 e. The van der Waals surface area contributed by atoms with E-state index in [0.717, 1.165) is 0 Å². The molecule has 0 heterocycles. The quantitative estimate of drug-likeness (QED) is 0.845. The highest BCUT2D eigenvalue weighted by Gasteiger charge is 2.36. The van der Waals surface area contributed by atoms with Crippen molar-refractivity contribution in [1.82, 2.24) is 0 Å². The Bertz CT molecular complexity index is 650. The lowest BCUT2D eigenvalue weighted by molar-refractivity contribution is 0.377. The molecule has 21 heavy (non-hydrogen) atoms. The molecule has 0 bridgehead atoms. The predicted octanol–water partition coefficient (Wildman–Crippen LogP) is 3.65. The molecule has 0 amide bonds. The molecule has 0 aliphatic rings. The van der Waals surface area contributed by atoms with Crippen molar-refractivity contribution < 1.29 is 22.1 Å². The van der Waals surface area contributed by atoms with Crippen molar-refractivity contribution >= 4 is 10.2 Å². The Balaban J connectivity index is 4.04. The van der Waals surface area contributed by atoms with Crippen LogP contribution in [0.2, 0.25) is 0 Å². The van der Waals surface area contributed by atoms with Crippen LogP contribution in [0.25, 0.3) is 0 Å². The normalized spacial score (nSPS) is 13.3. The van der Waals surface area contributed by atoms with Gasteiger partial charge in [-0.1, -0.05) is 41.5 Å². The van der Waals surface area contributed by atoms with Crippen LogP contribution >= 0.6 is 0 Å². The summed E-state index contributed by atoms with van der Waals surface area (Å²) in [5, 5.41) is 10.5. The van der Waals surface area contributed by atoms with Crippen molar-refractivity contribution in [2.75, 3.05) is 7.11 Å². The molecule has 0 spiro atoms. The summed E-state index contributed by atoms with van der Waals surface area (Å²) in [6.07, 6.45) is 0. The van der Waals surface area contributed by atoms with E-state index in [1.165, 1.54) is 13.2 Å². The van der Waals surface area contributed by atoms with Gasteiger partial charge in [-0.15, -0.1) is 3.89 Å². The maximum atomic E-state index is 13.7. The molecule has 0 unspecified atom stereocenters. The third-order valence-electron chi connectivity index (χ3n) is 3.24. The fourth-order valence-electron chi connectivity index (χ4n) is 2.29. The highest BCUT2D eigenvalue weighted by molar-refractivity contribution is 7.86. The number of aromatic hydroxyl groups is 1. The number of phenols is 1. The van der Waals surface area contributed by atoms with Crippen molar-refractivity contribution in [3.63, 3.8) is 0 Å². The minimum atomic E-state index is -5.03. The molecule has 120 valence electrons. The second-order valence-electron chi connectivity index (χ2n) is 7.12. The van der Waals surface area contributed by atoms with E-state index in [4.69, 9.17) is 4.74 Å². The molecule has 0 aliphatic carbocycles. The molecule has 1 aromatic rings. The number of benzene rings is 1. The number of ether oxygens (including phenoxy) is 1. The lowest BCUT2D eigenvalue weighted by atomic mass is 9.79. The van der Waals surface area contributed by atoms with Crippen LogP contribution < -0.4 is 4.74 Å². The van der Waals surface area contributed by atoms with Crippen molar-refractivity contribution in [3.8, 4) is 11.5 Å². The fraction of sp³-hybridized carbons (Fsp3) is 0.600. The van der Waals surface area contributed by atoms with E-state index in [1.54, 1.807) is 20.8 Å². The third-order valence-corrected chi connectivity index (χ3v) is 4.13. The first kappa shape index (κ1) is 17.8. The Hall–Kier alpha value is -1.30. The van der Waals surface area contributed by atoms with E-state index in [9.17, 15) is 17.4 Å². The zero-order chi connectivity index (χ0) is 16.8. The Kier molecular flexibility index (Phi) is 4.36. The smallest absolute Gasteiger partial charge is 0.336 e. The molecule has 0 fully saturated rings. The van der Waals surface area contributed by atoms with Crippen molar-refractivity contribution in [2.45, 2.75) is 57.3 Å². The zero-order valence-electron chi connectivity index (χ0n) is 13.5. The first-order valence-electron chi connectivity index (χ1n) is 6.61. The van der Waals surface area contributed by atoms with Crippen LogP contribution in [-0.2, 0) is 21.1 Å². The van der Waals surface area contributed by atoms with Crippen molar-refractivity contribution in [2.24, 2.45) is 0 Å². The second kappa shape index (κ2) is 5.16. The molecule has 0 aromatic heterocycles. The van der Waals surface area contributed by atoms with Crippen LogP contribution in [0.1, 0.15) is 52.7 Å². The van der Waals surface area contributed by atoms with Crippen LogP contribution in [-0.4, -0.2) is 20.6 Å². The minimum absolute atomic E-state index is 0.0364. The van der Waals surface area contributed by atoms with Crippen molar-refractivity contribution in [3.05, 3.63) is 17.2 Å². The number of methoxy groups -OCH3 is 1. The van der Waals surface area contributed by atoms with Gasteiger partial charge in [0.2, 0.25) is 0 Å². The fourth-order valence-corrected chi connectivity index (χ4v) is 3.32. The van der Waals surface area contributed by atoms with Gasteiger partial charge in [0.25, 0.3) is 0 Å². The van der Waals surface area contributed by atoms with Gasteiger partial charge in [0.1, 0.15) is 16.4 Å². The summed E-state index contributed by atoms with van der Waals surface area (Å²) in [6.45, 7) is 10.8. The van der Waals surface area contributed by atoms with E-state index in [2.05, 4.69) is 0 Å². The van der Waals surface area contributed by atoms with Crippen LogP contribution in [0.4, 0.5) is 3.89 Å². The maximum absolute atomic E-state index is 13.7. The zero-order valence-corrected chi connectivity index (χ0v) is 14.4. The van der Waals surface area contributed by atoms with Gasteiger partial charge in [-0.05, 0) is 16.9 Å². The average molecular weight is 318 g/mol. The van der Waals surface area contributed by atoms with E-state index in [1.807, 2.05) is 20.8 Å². The summed E-state index contributed by atoms with van der Waals surface area (Å²) in [7, 11) is -3.75. The summed E-state index contributed by atoms with van der Waals surface area (Å²) in [4.78, 5) is -0.594. The Labute approximate surface area is 126 Å². The molecule has 0 saturated carbocycles. The molecule has 1 N–H and O–H groups in total. The van der Waals surface area contributed by atoms with Crippen molar-refractivity contribution in [1.29, 1.82) is 0 Å². The van der Waals surface area contributed by atoms with Gasteiger partial charge in [0, 0.05) is 11.1 Å². The third kappa shape index (κ3) is 3.48. The van der Waals surface area contributed by atoms with E-state index in [0.29, 0.717) is 5.56 Å². The molecule has 4 nitrogen and oxygen atoms in total. The second-order valence-corrected chi connectivity index (χ2v) is 8.40. The van der Waals surface area contributed by atoms with Gasteiger partial charge in [-0.3, -0.25) is 0 Å². The molecular formula is C15H23FO4S. The molecule has 0 atom stereocenters. The summed E-state index contributed by atoms with van der Waals surface area (Å²) >= 11 is 0.